The zero-order valence-corrected chi connectivity index (χ0v) is 12.3. The maximum Gasteiger partial charge on any atom is 0.258 e. The first-order chi connectivity index (χ1) is 8.11. The molecule has 0 aromatic heterocycles. The number of carbonyl (C=O) groups excluding carboxylic acids is 1. The van der Waals surface area contributed by atoms with E-state index < -0.39 is 14.8 Å². The van der Waals surface area contributed by atoms with Crippen molar-refractivity contribution in [1.82, 2.24) is 9.62 Å². The van der Waals surface area contributed by atoms with Crippen LogP contribution in [0.2, 0.25) is 0 Å². The molecule has 6 heteroatoms. The Labute approximate surface area is 109 Å². The first kappa shape index (κ1) is 13.8. The molecule has 0 saturated carbocycles. The SMILES string of the molecule is CC1(C)CCCNC1CN1C(=O)C(C)(C)S1(=O)=O. The van der Waals surface area contributed by atoms with E-state index in [0.29, 0.717) is 0 Å². The van der Waals surface area contributed by atoms with Gasteiger partial charge in [-0.05, 0) is 38.6 Å². The Morgan fingerprint density at radius 1 is 1.33 bits per heavy atom. The van der Waals surface area contributed by atoms with Gasteiger partial charge < -0.3 is 5.32 Å². The van der Waals surface area contributed by atoms with E-state index in [1.165, 1.54) is 13.8 Å². The topological polar surface area (TPSA) is 66.5 Å². The van der Waals surface area contributed by atoms with Crippen molar-refractivity contribution in [2.45, 2.75) is 51.3 Å². The fourth-order valence-corrected chi connectivity index (χ4v) is 4.23. The Morgan fingerprint density at radius 3 is 2.44 bits per heavy atom. The second kappa shape index (κ2) is 3.93. The first-order valence-electron chi connectivity index (χ1n) is 6.41. The molecule has 0 aromatic rings. The number of piperidine rings is 1. The van der Waals surface area contributed by atoms with Crippen LogP contribution in [0, 0.1) is 5.41 Å². The summed E-state index contributed by atoms with van der Waals surface area (Å²) in [5, 5.41) is 3.34. The minimum Gasteiger partial charge on any atom is -0.312 e. The molecule has 0 spiro atoms. The van der Waals surface area contributed by atoms with Crippen molar-refractivity contribution < 1.29 is 13.2 Å². The number of sulfonamides is 1. The molecule has 18 heavy (non-hydrogen) atoms. The van der Waals surface area contributed by atoms with E-state index in [2.05, 4.69) is 19.2 Å². The minimum atomic E-state index is -3.46. The van der Waals surface area contributed by atoms with Gasteiger partial charge in [0.05, 0.1) is 6.54 Å². The Hall–Kier alpha value is -0.620. The summed E-state index contributed by atoms with van der Waals surface area (Å²) >= 11 is 0. The van der Waals surface area contributed by atoms with E-state index in [9.17, 15) is 13.2 Å². The van der Waals surface area contributed by atoms with Gasteiger partial charge in [-0.3, -0.25) is 4.79 Å². The molecule has 2 heterocycles. The lowest BCUT2D eigenvalue weighted by atomic mass is 9.77. The molecule has 0 bridgehead atoms. The molecule has 2 saturated heterocycles. The van der Waals surface area contributed by atoms with Crippen molar-refractivity contribution in [3.63, 3.8) is 0 Å². The van der Waals surface area contributed by atoms with Crippen molar-refractivity contribution in [2.24, 2.45) is 5.41 Å². The maximum absolute atomic E-state index is 12.0. The highest BCUT2D eigenvalue weighted by Crippen LogP contribution is 2.38. The van der Waals surface area contributed by atoms with Crippen LogP contribution in [0.15, 0.2) is 0 Å². The highest BCUT2D eigenvalue weighted by molar-refractivity contribution is 7.94. The molecule has 1 amide bonds. The maximum atomic E-state index is 12.0. The van der Waals surface area contributed by atoms with Gasteiger partial charge in [0, 0.05) is 6.04 Å². The van der Waals surface area contributed by atoms with E-state index in [-0.39, 0.29) is 23.9 Å². The van der Waals surface area contributed by atoms with E-state index >= 15 is 0 Å². The molecule has 1 atom stereocenters. The van der Waals surface area contributed by atoms with E-state index in [4.69, 9.17) is 0 Å². The zero-order valence-electron chi connectivity index (χ0n) is 11.5. The number of carbonyl (C=O) groups is 1. The fourth-order valence-electron chi connectivity index (χ4n) is 2.69. The quantitative estimate of drug-likeness (QED) is 0.805. The van der Waals surface area contributed by atoms with Gasteiger partial charge in [-0.25, -0.2) is 12.7 Å². The zero-order chi connectivity index (χ0) is 13.8. The van der Waals surface area contributed by atoms with Gasteiger partial charge in [-0.2, -0.15) is 0 Å². The summed E-state index contributed by atoms with van der Waals surface area (Å²) < 4.78 is 23.9. The second-order valence-electron chi connectivity index (χ2n) is 6.45. The molecule has 0 radical (unpaired) electrons. The molecule has 104 valence electrons. The molecule has 2 fully saturated rings. The van der Waals surface area contributed by atoms with Gasteiger partial charge in [-0.1, -0.05) is 13.8 Å². The van der Waals surface area contributed by atoms with Crippen LogP contribution >= 0.6 is 0 Å². The third-order valence-corrected chi connectivity index (χ3v) is 6.72. The van der Waals surface area contributed by atoms with Crippen LogP contribution in [0.5, 0.6) is 0 Å². The summed E-state index contributed by atoms with van der Waals surface area (Å²) in [5.41, 5.74) is 0.0216. The van der Waals surface area contributed by atoms with E-state index in [1.807, 2.05) is 0 Å². The van der Waals surface area contributed by atoms with Gasteiger partial charge in [0.2, 0.25) is 0 Å². The lowest BCUT2D eigenvalue weighted by molar-refractivity contribution is -0.132. The predicted octanol–water partition coefficient (Wildman–Crippen LogP) is 0.715. The Bertz CT molecular complexity index is 468. The van der Waals surface area contributed by atoms with Crippen LogP contribution in [-0.4, -0.2) is 42.5 Å². The molecule has 2 rings (SSSR count). The van der Waals surface area contributed by atoms with Crippen molar-refractivity contribution in [2.75, 3.05) is 13.1 Å². The molecule has 1 unspecified atom stereocenters. The summed E-state index contributed by atoms with van der Waals surface area (Å²) in [6.45, 7) is 8.33. The molecule has 0 aliphatic carbocycles. The lowest BCUT2D eigenvalue weighted by Crippen LogP contribution is -2.70. The highest BCUT2D eigenvalue weighted by Gasteiger charge is 2.60. The molecule has 2 aliphatic heterocycles. The average Bonchev–Trinajstić information content (AvgIpc) is 2.25. The van der Waals surface area contributed by atoms with Crippen molar-refractivity contribution >= 4 is 15.9 Å². The largest absolute Gasteiger partial charge is 0.312 e. The fraction of sp³-hybridized carbons (Fsp3) is 0.917. The smallest absolute Gasteiger partial charge is 0.258 e. The normalized spacial score (nSPS) is 33.0. The minimum absolute atomic E-state index is 0.0216. The monoisotopic (exact) mass is 274 g/mol. The van der Waals surface area contributed by atoms with Crippen LogP contribution in [0.3, 0.4) is 0 Å². The predicted molar refractivity (Wildman–Crippen MR) is 69.5 cm³/mol. The molecule has 5 nitrogen and oxygen atoms in total. The number of nitrogens with one attached hydrogen (secondary N) is 1. The van der Waals surface area contributed by atoms with Crippen LogP contribution in [0.4, 0.5) is 0 Å². The number of amides is 1. The van der Waals surface area contributed by atoms with Gasteiger partial charge >= 0.3 is 0 Å². The van der Waals surface area contributed by atoms with Crippen LogP contribution in [-0.2, 0) is 14.8 Å². The van der Waals surface area contributed by atoms with Gasteiger partial charge in [0.1, 0.15) is 0 Å². The molecule has 0 aromatic carbocycles. The van der Waals surface area contributed by atoms with Crippen LogP contribution < -0.4 is 5.32 Å². The number of hydrogen-bond acceptors (Lipinski definition) is 4. The summed E-state index contributed by atoms with van der Waals surface area (Å²) in [7, 11) is -3.46. The van der Waals surface area contributed by atoms with Crippen molar-refractivity contribution in [3.8, 4) is 0 Å². The average molecular weight is 274 g/mol. The number of rotatable bonds is 2. The van der Waals surface area contributed by atoms with Gasteiger partial charge in [0.15, 0.2) is 4.75 Å². The highest BCUT2D eigenvalue weighted by atomic mass is 32.2. The number of hydrogen-bond donors (Lipinski definition) is 1. The molecule has 2 aliphatic rings. The lowest BCUT2D eigenvalue weighted by Gasteiger charge is -2.48. The second-order valence-corrected chi connectivity index (χ2v) is 8.86. The third-order valence-electron chi connectivity index (χ3n) is 4.36. The van der Waals surface area contributed by atoms with E-state index in [0.717, 1.165) is 23.7 Å². The Balaban J connectivity index is 2.14. The van der Waals surface area contributed by atoms with Crippen molar-refractivity contribution in [1.29, 1.82) is 0 Å². The van der Waals surface area contributed by atoms with Gasteiger partial charge in [0.25, 0.3) is 15.9 Å². The molecular weight excluding hydrogens is 252 g/mol. The first-order valence-corrected chi connectivity index (χ1v) is 7.85. The van der Waals surface area contributed by atoms with Crippen LogP contribution in [0.1, 0.15) is 40.5 Å². The third kappa shape index (κ3) is 1.77. The Kier molecular flexibility index (Phi) is 3.02. The summed E-state index contributed by atoms with van der Waals surface area (Å²) in [5.74, 6) is -0.286. The Morgan fingerprint density at radius 2 is 1.94 bits per heavy atom. The summed E-state index contributed by atoms with van der Waals surface area (Å²) in [6, 6.07) is 0.0427. The summed E-state index contributed by atoms with van der Waals surface area (Å²) in [6.07, 6.45) is 2.14. The molecule has 1 N–H and O–H groups in total. The van der Waals surface area contributed by atoms with Crippen molar-refractivity contribution in [3.05, 3.63) is 0 Å². The number of nitrogens with zero attached hydrogens (tertiary/aromatic N) is 1. The van der Waals surface area contributed by atoms with Gasteiger partial charge in [-0.15, -0.1) is 0 Å². The molecular formula is C12H22N2O3S. The standard InChI is InChI=1S/C12H22N2O3S/c1-11(2)6-5-7-13-9(11)8-14-10(15)12(3,4)18(14,16)17/h9,13H,5-8H2,1-4H3. The van der Waals surface area contributed by atoms with E-state index in [1.54, 1.807) is 0 Å². The van der Waals surface area contributed by atoms with Crippen LogP contribution in [0.25, 0.3) is 0 Å². The summed E-state index contributed by atoms with van der Waals surface area (Å²) in [4.78, 5) is 11.9.